The molecule has 0 unspecified atom stereocenters. The minimum Gasteiger partial charge on any atom is -0.383 e. The van der Waals surface area contributed by atoms with E-state index in [1.54, 1.807) is 4.90 Å². The van der Waals surface area contributed by atoms with Crippen LogP contribution in [-0.2, 0) is 6.54 Å². The number of aromatic nitrogens is 2. The minimum absolute atomic E-state index is 0.0943. The van der Waals surface area contributed by atoms with E-state index in [2.05, 4.69) is 10.3 Å². The van der Waals surface area contributed by atoms with Crippen LogP contribution < -0.4 is 32.1 Å². The molecule has 0 radical (unpaired) electrons. The first-order valence-corrected chi connectivity index (χ1v) is 9.26. The fraction of sp³-hybridized carbons (Fsp3) is 0.389. The van der Waals surface area contributed by atoms with Crippen molar-refractivity contribution in [2.75, 3.05) is 44.4 Å². The van der Waals surface area contributed by atoms with Crippen LogP contribution in [0.5, 0.6) is 0 Å². The molecule has 0 saturated heterocycles. The van der Waals surface area contributed by atoms with Crippen LogP contribution in [0.3, 0.4) is 0 Å². The molecule has 0 atom stereocenters. The molecule has 0 spiro atoms. The highest BCUT2D eigenvalue weighted by Crippen LogP contribution is 2.17. The lowest BCUT2D eigenvalue weighted by atomic mass is 10.2. The molecular weight excluding hydrogens is 364 g/mol. The number of nitrogens with one attached hydrogen (secondary N) is 3. The third-order valence-electron chi connectivity index (χ3n) is 4.13. The van der Waals surface area contributed by atoms with Crippen LogP contribution in [0.2, 0.25) is 0 Å². The number of nitrogens with zero attached hydrogens (tertiary/aromatic N) is 2. The fourth-order valence-electron chi connectivity index (χ4n) is 2.68. The van der Waals surface area contributed by atoms with E-state index in [4.69, 9.17) is 18.0 Å². The van der Waals surface area contributed by atoms with E-state index in [1.165, 1.54) is 9.47 Å². The van der Waals surface area contributed by atoms with Crippen molar-refractivity contribution in [1.29, 1.82) is 0 Å². The minimum atomic E-state index is -0.550. The molecule has 2 rings (SSSR count). The maximum atomic E-state index is 12.5. The van der Waals surface area contributed by atoms with Gasteiger partial charge in [0.05, 0.1) is 33.7 Å². The van der Waals surface area contributed by atoms with Crippen molar-refractivity contribution in [2.24, 2.45) is 0 Å². The van der Waals surface area contributed by atoms with Crippen molar-refractivity contribution < 1.29 is 4.90 Å². The molecule has 27 heavy (non-hydrogen) atoms. The molecule has 0 saturated carbocycles. The van der Waals surface area contributed by atoms with Gasteiger partial charge in [-0.15, -0.1) is 0 Å². The number of anilines is 2. The Labute approximate surface area is 163 Å². The number of aromatic amines is 1. The van der Waals surface area contributed by atoms with Crippen LogP contribution in [0, 0.1) is 0 Å². The van der Waals surface area contributed by atoms with Crippen LogP contribution >= 0.6 is 12.2 Å². The topological polar surface area (TPSA) is 101 Å². The molecule has 1 heterocycles. The van der Waals surface area contributed by atoms with Crippen molar-refractivity contribution in [2.45, 2.75) is 13.5 Å². The molecule has 0 bridgehead atoms. The summed E-state index contributed by atoms with van der Waals surface area (Å²) in [5.41, 5.74) is 6.23. The third-order valence-corrected chi connectivity index (χ3v) is 4.49. The Morgan fingerprint density at radius 1 is 1.30 bits per heavy atom. The predicted molar refractivity (Wildman–Crippen MR) is 113 cm³/mol. The number of nitrogens with two attached hydrogens (primary N) is 1. The molecule has 2 aromatic rings. The normalized spacial score (nSPS) is 10.8. The number of likely N-dealkylation sites (N-methyl/N-ethyl adjacent to an activating group) is 1. The van der Waals surface area contributed by atoms with Crippen LogP contribution in [0.1, 0.15) is 12.5 Å². The summed E-state index contributed by atoms with van der Waals surface area (Å²) in [6.45, 7) is 4.11. The van der Waals surface area contributed by atoms with Crippen molar-refractivity contribution >= 4 is 28.8 Å². The Kier molecular flexibility index (Phi) is 7.14. The highest BCUT2D eigenvalue weighted by molar-refractivity contribution is 7.80. The first-order chi connectivity index (χ1) is 12.8. The van der Waals surface area contributed by atoms with Gasteiger partial charge in [-0.1, -0.05) is 30.3 Å². The Hall–Kier alpha value is -2.65. The summed E-state index contributed by atoms with van der Waals surface area (Å²) in [5, 5.41) is 3.55. The SMILES string of the molecule is CCN(C(=S)NCC[NH+](C)C)c1c(N)n(Cc2ccccc2)c(=O)[nH]c1=O. The molecule has 0 aliphatic heterocycles. The standard InChI is InChI=1S/C18H26N6O2S/c1-4-23(18(27)20-10-11-22(2)3)14-15(19)24(17(26)21-16(14)25)12-13-8-6-5-7-9-13/h5-9H,4,10-12,19H2,1-3H3,(H,20,27)(H,21,25,26)/p+1. The smallest absolute Gasteiger partial charge is 0.330 e. The number of rotatable bonds is 7. The zero-order valence-electron chi connectivity index (χ0n) is 15.9. The summed E-state index contributed by atoms with van der Waals surface area (Å²) >= 11 is 5.44. The van der Waals surface area contributed by atoms with E-state index in [0.717, 1.165) is 12.1 Å². The number of thiocarbonyl (C=S) groups is 1. The van der Waals surface area contributed by atoms with Crippen LogP contribution in [0.15, 0.2) is 39.9 Å². The lowest BCUT2D eigenvalue weighted by molar-refractivity contribution is -0.856. The maximum Gasteiger partial charge on any atom is 0.330 e. The quantitative estimate of drug-likeness (QED) is 0.453. The summed E-state index contributed by atoms with van der Waals surface area (Å²) in [7, 11) is 4.09. The van der Waals surface area contributed by atoms with Crippen molar-refractivity contribution in [3.8, 4) is 0 Å². The Morgan fingerprint density at radius 3 is 2.56 bits per heavy atom. The van der Waals surface area contributed by atoms with Crippen LogP contribution in [0.25, 0.3) is 0 Å². The molecule has 146 valence electrons. The van der Waals surface area contributed by atoms with Gasteiger partial charge in [-0.3, -0.25) is 14.3 Å². The van der Waals surface area contributed by atoms with Gasteiger partial charge in [0.2, 0.25) is 0 Å². The molecule has 0 fully saturated rings. The predicted octanol–water partition coefficient (Wildman–Crippen LogP) is -0.988. The summed E-state index contributed by atoms with van der Waals surface area (Å²) in [6.07, 6.45) is 0. The van der Waals surface area contributed by atoms with Gasteiger partial charge in [0.25, 0.3) is 5.56 Å². The van der Waals surface area contributed by atoms with E-state index >= 15 is 0 Å². The van der Waals surface area contributed by atoms with Gasteiger partial charge in [0, 0.05) is 6.54 Å². The second kappa shape index (κ2) is 9.33. The molecule has 0 aliphatic rings. The van der Waals surface area contributed by atoms with E-state index in [9.17, 15) is 9.59 Å². The van der Waals surface area contributed by atoms with Crippen molar-refractivity contribution in [3.05, 3.63) is 56.7 Å². The van der Waals surface area contributed by atoms with Gasteiger partial charge >= 0.3 is 5.69 Å². The number of quaternary nitrogens is 1. The first-order valence-electron chi connectivity index (χ1n) is 8.86. The van der Waals surface area contributed by atoms with Crippen LogP contribution in [-0.4, -0.2) is 48.4 Å². The monoisotopic (exact) mass is 391 g/mol. The lowest BCUT2D eigenvalue weighted by Crippen LogP contribution is -3.06. The average molecular weight is 392 g/mol. The molecule has 1 aromatic carbocycles. The van der Waals surface area contributed by atoms with Gasteiger partial charge < -0.3 is 20.9 Å². The molecule has 8 nitrogen and oxygen atoms in total. The van der Waals surface area contributed by atoms with Gasteiger partial charge in [0.15, 0.2) is 10.8 Å². The number of benzene rings is 1. The Bertz CT molecular complexity index is 891. The van der Waals surface area contributed by atoms with Crippen molar-refractivity contribution in [3.63, 3.8) is 0 Å². The molecule has 5 N–H and O–H groups in total. The number of hydrogen-bond acceptors (Lipinski definition) is 4. The van der Waals surface area contributed by atoms with Gasteiger partial charge in [-0.2, -0.15) is 0 Å². The first kappa shape index (κ1) is 20.7. The molecule has 0 amide bonds. The maximum absolute atomic E-state index is 12.5. The summed E-state index contributed by atoms with van der Waals surface area (Å²) in [5.74, 6) is 0.0943. The van der Waals surface area contributed by atoms with Crippen molar-refractivity contribution in [1.82, 2.24) is 14.9 Å². The zero-order valence-corrected chi connectivity index (χ0v) is 16.7. The van der Waals surface area contributed by atoms with Gasteiger partial charge in [0.1, 0.15) is 5.82 Å². The number of hydrogen-bond donors (Lipinski definition) is 4. The molecule has 9 heteroatoms. The van der Waals surface area contributed by atoms with E-state index in [1.807, 2.05) is 51.4 Å². The summed E-state index contributed by atoms with van der Waals surface area (Å²) < 4.78 is 1.35. The largest absolute Gasteiger partial charge is 0.383 e. The van der Waals surface area contributed by atoms with Crippen LogP contribution in [0.4, 0.5) is 11.5 Å². The molecule has 1 aromatic heterocycles. The number of H-pyrrole nitrogens is 1. The zero-order chi connectivity index (χ0) is 20.0. The lowest BCUT2D eigenvalue weighted by Gasteiger charge is -2.26. The Morgan fingerprint density at radius 2 is 1.96 bits per heavy atom. The van der Waals surface area contributed by atoms with Gasteiger partial charge in [-0.25, -0.2) is 4.79 Å². The highest BCUT2D eigenvalue weighted by Gasteiger charge is 2.21. The summed E-state index contributed by atoms with van der Waals surface area (Å²) in [4.78, 5) is 30.0. The van der Waals surface area contributed by atoms with E-state index in [0.29, 0.717) is 18.2 Å². The van der Waals surface area contributed by atoms with Gasteiger partial charge in [-0.05, 0) is 24.7 Å². The second-order valence-corrected chi connectivity index (χ2v) is 6.88. The number of nitrogen functional groups attached to an aromatic ring is 1. The second-order valence-electron chi connectivity index (χ2n) is 6.50. The van der Waals surface area contributed by atoms with E-state index in [-0.39, 0.29) is 18.1 Å². The highest BCUT2D eigenvalue weighted by atomic mass is 32.1. The average Bonchev–Trinajstić information content (AvgIpc) is 2.62. The molecular formula is C18H27N6O2S+. The third kappa shape index (κ3) is 5.18. The summed E-state index contributed by atoms with van der Waals surface area (Å²) in [6, 6.07) is 9.45. The Balaban J connectivity index is 2.37. The van der Waals surface area contributed by atoms with E-state index < -0.39 is 11.2 Å². The fourth-order valence-corrected chi connectivity index (χ4v) is 3.00. The molecule has 0 aliphatic carbocycles.